The van der Waals surface area contributed by atoms with Gasteiger partial charge < -0.3 is 5.32 Å². The Morgan fingerprint density at radius 2 is 1.84 bits per heavy atom. The zero-order valence-electron chi connectivity index (χ0n) is 11.1. The molecular weight excluding hydrogens is 264 g/mol. The third-order valence-corrected chi connectivity index (χ3v) is 3.74. The lowest BCUT2D eigenvalue weighted by Crippen LogP contribution is -2.43. The summed E-state index contributed by atoms with van der Waals surface area (Å²) in [5.74, 6) is -0.177. The predicted octanol–water partition coefficient (Wildman–Crippen LogP) is 2.91. The monoisotopic (exact) mass is 280 g/mol. The number of nitrogens with one attached hydrogen (secondary N) is 1. The number of benzene rings is 1. The third-order valence-electron chi connectivity index (χ3n) is 3.49. The van der Waals surface area contributed by atoms with Crippen LogP contribution in [0.25, 0.3) is 0 Å². The van der Waals surface area contributed by atoms with Gasteiger partial charge in [-0.25, -0.2) is 4.79 Å². The van der Waals surface area contributed by atoms with E-state index in [1.54, 1.807) is 24.3 Å². The van der Waals surface area contributed by atoms with E-state index in [1.165, 1.54) is 4.90 Å². The molecule has 0 aromatic heterocycles. The van der Waals surface area contributed by atoms with Crippen molar-refractivity contribution in [1.29, 1.82) is 0 Å². The van der Waals surface area contributed by atoms with Crippen LogP contribution in [0.2, 0.25) is 5.02 Å². The fourth-order valence-electron chi connectivity index (χ4n) is 2.43. The summed E-state index contributed by atoms with van der Waals surface area (Å²) in [6, 6.07) is 6.73. The maximum absolute atomic E-state index is 12.6. The zero-order valence-corrected chi connectivity index (χ0v) is 11.8. The second kappa shape index (κ2) is 5.21. The molecule has 1 aromatic rings. The molecule has 0 spiro atoms. The molecular formula is C14H17ClN2O2. The maximum atomic E-state index is 12.6. The number of hydrogen-bond donors (Lipinski definition) is 1. The van der Waals surface area contributed by atoms with E-state index in [0.29, 0.717) is 18.0 Å². The average molecular weight is 281 g/mol. The first-order valence-corrected chi connectivity index (χ1v) is 6.83. The summed E-state index contributed by atoms with van der Waals surface area (Å²) in [5.41, 5.74) is -0.173. The van der Waals surface area contributed by atoms with Crippen molar-refractivity contribution in [1.82, 2.24) is 10.2 Å². The van der Waals surface area contributed by atoms with E-state index in [1.807, 2.05) is 13.8 Å². The second-order valence-electron chi connectivity index (χ2n) is 4.65. The molecule has 4 nitrogen and oxygen atoms in total. The molecule has 1 saturated heterocycles. The van der Waals surface area contributed by atoms with Gasteiger partial charge in [-0.05, 0) is 30.5 Å². The Kier molecular flexibility index (Phi) is 3.80. The summed E-state index contributed by atoms with van der Waals surface area (Å²) in [6.45, 7) is 4.27. The lowest BCUT2D eigenvalue weighted by Gasteiger charge is -2.25. The Hall–Kier alpha value is -1.55. The summed E-state index contributed by atoms with van der Waals surface area (Å²) >= 11 is 5.87. The van der Waals surface area contributed by atoms with Crippen molar-refractivity contribution in [2.75, 3.05) is 6.54 Å². The number of urea groups is 1. The SMILES string of the molecule is CCCN1C(=O)N[C@](CC)(c2ccc(Cl)cc2)C1=O. The molecule has 19 heavy (non-hydrogen) atoms. The molecule has 5 heteroatoms. The van der Waals surface area contributed by atoms with Crippen LogP contribution in [0.1, 0.15) is 32.3 Å². The quantitative estimate of drug-likeness (QED) is 0.862. The Morgan fingerprint density at radius 1 is 1.21 bits per heavy atom. The molecule has 1 fully saturated rings. The van der Waals surface area contributed by atoms with Gasteiger partial charge in [0.1, 0.15) is 5.54 Å². The largest absolute Gasteiger partial charge is 0.325 e. The summed E-state index contributed by atoms with van der Waals surface area (Å²) in [4.78, 5) is 25.8. The fraction of sp³-hybridized carbons (Fsp3) is 0.429. The van der Waals surface area contributed by atoms with E-state index < -0.39 is 5.54 Å². The molecule has 0 saturated carbocycles. The molecule has 1 N–H and O–H groups in total. The van der Waals surface area contributed by atoms with Gasteiger partial charge in [0.15, 0.2) is 0 Å². The first-order chi connectivity index (χ1) is 9.05. The minimum atomic E-state index is -0.948. The standard InChI is InChI=1S/C14H17ClN2O2/c1-3-9-17-12(18)14(4-2,16-13(17)19)10-5-7-11(15)8-6-10/h5-8H,3-4,9H2,1-2H3,(H,16,19)/t14-/m1/s1. The van der Waals surface area contributed by atoms with E-state index in [9.17, 15) is 9.59 Å². The molecule has 0 unspecified atom stereocenters. The molecule has 1 aromatic carbocycles. The van der Waals surface area contributed by atoms with Crippen LogP contribution in [0.3, 0.4) is 0 Å². The zero-order chi connectivity index (χ0) is 14.0. The van der Waals surface area contributed by atoms with Crippen LogP contribution in [-0.2, 0) is 10.3 Å². The lowest BCUT2D eigenvalue weighted by molar-refractivity contribution is -0.131. The van der Waals surface area contributed by atoms with E-state index in [0.717, 1.165) is 12.0 Å². The molecule has 2 rings (SSSR count). The topological polar surface area (TPSA) is 49.4 Å². The number of carbonyl (C=O) groups is 2. The van der Waals surface area contributed by atoms with Crippen molar-refractivity contribution in [2.24, 2.45) is 0 Å². The lowest BCUT2D eigenvalue weighted by atomic mass is 9.87. The number of carbonyl (C=O) groups excluding carboxylic acids is 2. The predicted molar refractivity (Wildman–Crippen MR) is 74.0 cm³/mol. The van der Waals surface area contributed by atoms with Crippen LogP contribution in [0.4, 0.5) is 4.79 Å². The van der Waals surface area contributed by atoms with Crippen molar-refractivity contribution in [3.05, 3.63) is 34.9 Å². The van der Waals surface area contributed by atoms with Crippen molar-refractivity contribution in [3.8, 4) is 0 Å². The molecule has 1 atom stereocenters. The molecule has 0 radical (unpaired) electrons. The number of amides is 3. The normalized spacial score (nSPS) is 22.8. The molecule has 0 bridgehead atoms. The average Bonchev–Trinajstić information content (AvgIpc) is 2.65. The van der Waals surface area contributed by atoms with Gasteiger partial charge in [-0.15, -0.1) is 0 Å². The number of nitrogens with zero attached hydrogens (tertiary/aromatic N) is 1. The molecule has 3 amide bonds. The van der Waals surface area contributed by atoms with E-state index in [4.69, 9.17) is 11.6 Å². The minimum Gasteiger partial charge on any atom is -0.319 e. The van der Waals surface area contributed by atoms with E-state index in [2.05, 4.69) is 5.32 Å². The van der Waals surface area contributed by atoms with E-state index in [-0.39, 0.29) is 11.9 Å². The molecule has 0 aliphatic carbocycles. The highest BCUT2D eigenvalue weighted by molar-refractivity contribution is 6.30. The Labute approximate surface area is 117 Å². The van der Waals surface area contributed by atoms with Crippen molar-refractivity contribution >= 4 is 23.5 Å². The molecule has 1 heterocycles. The summed E-state index contributed by atoms with van der Waals surface area (Å²) < 4.78 is 0. The van der Waals surface area contributed by atoms with Gasteiger partial charge in [0, 0.05) is 11.6 Å². The van der Waals surface area contributed by atoms with Crippen molar-refractivity contribution in [3.63, 3.8) is 0 Å². The Balaban J connectivity index is 2.41. The van der Waals surface area contributed by atoms with E-state index >= 15 is 0 Å². The van der Waals surface area contributed by atoms with Gasteiger partial charge in [-0.3, -0.25) is 9.69 Å². The number of rotatable bonds is 4. The highest BCUT2D eigenvalue weighted by atomic mass is 35.5. The Morgan fingerprint density at radius 3 is 2.37 bits per heavy atom. The van der Waals surface area contributed by atoms with Crippen molar-refractivity contribution < 1.29 is 9.59 Å². The van der Waals surface area contributed by atoms with Gasteiger partial charge in [0.05, 0.1) is 0 Å². The fourth-order valence-corrected chi connectivity index (χ4v) is 2.55. The van der Waals surface area contributed by atoms with Gasteiger partial charge in [-0.2, -0.15) is 0 Å². The van der Waals surface area contributed by atoms with Crippen molar-refractivity contribution in [2.45, 2.75) is 32.2 Å². The first kappa shape index (κ1) is 13.9. The molecule has 102 valence electrons. The second-order valence-corrected chi connectivity index (χ2v) is 5.09. The molecule has 1 aliphatic rings. The maximum Gasteiger partial charge on any atom is 0.325 e. The third kappa shape index (κ3) is 2.21. The van der Waals surface area contributed by atoms with Gasteiger partial charge >= 0.3 is 6.03 Å². The van der Waals surface area contributed by atoms with Crippen LogP contribution in [-0.4, -0.2) is 23.4 Å². The van der Waals surface area contributed by atoms with Crippen LogP contribution < -0.4 is 5.32 Å². The minimum absolute atomic E-state index is 0.177. The van der Waals surface area contributed by atoms with Crippen LogP contribution >= 0.6 is 11.6 Å². The Bertz CT molecular complexity index is 501. The summed E-state index contributed by atoms with van der Waals surface area (Å²) in [5, 5.41) is 3.44. The smallest absolute Gasteiger partial charge is 0.319 e. The van der Waals surface area contributed by atoms with Crippen LogP contribution in [0.15, 0.2) is 24.3 Å². The van der Waals surface area contributed by atoms with Crippen LogP contribution in [0.5, 0.6) is 0 Å². The highest BCUT2D eigenvalue weighted by Gasteiger charge is 2.50. The number of halogens is 1. The van der Waals surface area contributed by atoms with Gasteiger partial charge in [0.2, 0.25) is 0 Å². The highest BCUT2D eigenvalue weighted by Crippen LogP contribution is 2.33. The summed E-state index contributed by atoms with van der Waals surface area (Å²) in [7, 11) is 0. The summed E-state index contributed by atoms with van der Waals surface area (Å²) in [6.07, 6.45) is 1.26. The van der Waals surface area contributed by atoms with Gasteiger partial charge in [0.25, 0.3) is 5.91 Å². The van der Waals surface area contributed by atoms with Crippen LogP contribution in [0, 0.1) is 0 Å². The number of hydrogen-bond acceptors (Lipinski definition) is 2. The first-order valence-electron chi connectivity index (χ1n) is 6.45. The van der Waals surface area contributed by atoms with Gasteiger partial charge in [-0.1, -0.05) is 37.6 Å². The molecule has 1 aliphatic heterocycles. The number of imide groups is 1.